The van der Waals surface area contributed by atoms with Crippen molar-refractivity contribution in [3.8, 4) is 11.8 Å². The number of hydrogen-bond donors (Lipinski definition) is 3. The molecule has 5 aliphatic rings. The number of likely N-dealkylation sites (N-methyl/N-ethyl adjacent to an activating group) is 1. The van der Waals surface area contributed by atoms with Gasteiger partial charge >= 0.3 is 0 Å². The van der Waals surface area contributed by atoms with Crippen LogP contribution in [0.5, 0.6) is 0 Å². The second-order valence-corrected chi connectivity index (χ2v) is 22.9. The molecule has 14 heteroatoms. The Hall–Kier alpha value is -5.43. The Bertz CT molecular complexity index is 2590. The van der Waals surface area contributed by atoms with E-state index in [-0.39, 0.29) is 48.8 Å². The van der Waals surface area contributed by atoms with Gasteiger partial charge in [-0.15, -0.1) is 5.92 Å². The molecule has 1 aliphatic heterocycles. The van der Waals surface area contributed by atoms with Crippen molar-refractivity contribution >= 4 is 41.0 Å². The van der Waals surface area contributed by atoms with Crippen molar-refractivity contribution < 1.29 is 43.2 Å². The minimum atomic E-state index is -0.997. The number of carbonyl (C=O) groups excluding carboxylic acids is 4. The van der Waals surface area contributed by atoms with Crippen molar-refractivity contribution in [1.82, 2.24) is 15.5 Å². The van der Waals surface area contributed by atoms with Crippen LogP contribution in [0.25, 0.3) is 5.57 Å². The van der Waals surface area contributed by atoms with Crippen molar-refractivity contribution in [3.05, 3.63) is 93.7 Å². The molecule has 3 fully saturated rings. The minimum Gasteiger partial charge on any atom is -0.377 e. The Morgan fingerprint density at radius 3 is 2.26 bits per heavy atom. The van der Waals surface area contributed by atoms with E-state index in [9.17, 15) is 24.3 Å². The summed E-state index contributed by atoms with van der Waals surface area (Å²) in [5.74, 6) is 6.59. The molecule has 0 bridgehead atoms. The van der Waals surface area contributed by atoms with Crippen molar-refractivity contribution in [2.75, 3.05) is 77.9 Å². The maximum atomic E-state index is 14.0. The summed E-state index contributed by atoms with van der Waals surface area (Å²) in [7, 11) is 2.07. The lowest BCUT2D eigenvalue weighted by molar-refractivity contribution is -0.144. The molecule has 7 atom stereocenters. The Kier molecular flexibility index (Phi) is 20.7. The highest BCUT2D eigenvalue weighted by molar-refractivity contribution is 5.94. The zero-order valence-corrected chi connectivity index (χ0v) is 47.6. The number of ether oxygens (including phenoxy) is 4. The third-order valence-electron chi connectivity index (χ3n) is 17.0. The molecule has 418 valence electrons. The summed E-state index contributed by atoms with van der Waals surface area (Å²) in [6.07, 6.45) is 11.7. The number of benzene rings is 2. The van der Waals surface area contributed by atoms with Crippen LogP contribution in [-0.4, -0.2) is 130 Å². The smallest absolute Gasteiger partial charge is 0.246 e. The van der Waals surface area contributed by atoms with Gasteiger partial charge in [0.05, 0.1) is 46.2 Å². The van der Waals surface area contributed by atoms with Crippen molar-refractivity contribution in [1.29, 1.82) is 0 Å². The van der Waals surface area contributed by atoms with Crippen LogP contribution in [0.2, 0.25) is 0 Å². The average molecular weight is 1060 g/mol. The minimum absolute atomic E-state index is 0.164. The lowest BCUT2D eigenvalue weighted by Gasteiger charge is -2.53. The molecular formula is C63H87N5O9. The van der Waals surface area contributed by atoms with Gasteiger partial charge in [0.2, 0.25) is 17.7 Å². The Morgan fingerprint density at radius 2 is 1.61 bits per heavy atom. The first-order valence-corrected chi connectivity index (χ1v) is 28.3. The molecule has 1 heterocycles. The van der Waals surface area contributed by atoms with Gasteiger partial charge in [0.15, 0.2) is 5.78 Å². The summed E-state index contributed by atoms with van der Waals surface area (Å²) in [6, 6.07) is 15.6. The predicted octanol–water partition coefficient (Wildman–Crippen LogP) is 8.91. The number of ketones is 1. The number of amides is 3. The number of fused-ring (bicyclic) bond motifs is 4. The van der Waals surface area contributed by atoms with Crippen LogP contribution >= 0.6 is 0 Å². The number of allylic oxidation sites excluding steroid dienone is 6. The third-order valence-corrected chi connectivity index (χ3v) is 17.0. The van der Waals surface area contributed by atoms with Crippen LogP contribution in [0, 0.1) is 34.5 Å². The third kappa shape index (κ3) is 14.3. The summed E-state index contributed by atoms with van der Waals surface area (Å²) in [5.41, 5.74) is 8.82. The number of carbonyl (C=O) groups is 4. The lowest BCUT2D eigenvalue weighted by atomic mass is 9.51. The first kappa shape index (κ1) is 59.2. The van der Waals surface area contributed by atoms with Crippen LogP contribution in [0.3, 0.4) is 0 Å². The molecule has 7 unspecified atom stereocenters. The van der Waals surface area contributed by atoms with E-state index in [0.717, 1.165) is 61.0 Å². The molecule has 3 N–H and O–H groups in total. The van der Waals surface area contributed by atoms with E-state index in [2.05, 4.69) is 89.7 Å². The van der Waals surface area contributed by atoms with Crippen LogP contribution in [-0.2, 0) is 44.7 Å². The topological polar surface area (TPSA) is 168 Å². The van der Waals surface area contributed by atoms with Crippen molar-refractivity contribution in [2.24, 2.45) is 27.7 Å². The van der Waals surface area contributed by atoms with Gasteiger partial charge in [-0.1, -0.05) is 82.5 Å². The lowest BCUT2D eigenvalue weighted by Crippen LogP contribution is -2.58. The second kappa shape index (κ2) is 27.0. The fourth-order valence-corrected chi connectivity index (χ4v) is 12.9. The summed E-state index contributed by atoms with van der Waals surface area (Å²) >= 11 is 0. The molecular weight excluding hydrogens is 971 g/mol. The first-order chi connectivity index (χ1) is 36.9. The molecule has 7 rings (SSSR count). The van der Waals surface area contributed by atoms with Crippen molar-refractivity contribution in [3.63, 3.8) is 0 Å². The molecule has 2 aromatic rings. The highest BCUT2D eigenvalue weighted by atomic mass is 16.6. The van der Waals surface area contributed by atoms with Crippen molar-refractivity contribution in [2.45, 2.75) is 150 Å². The average Bonchev–Trinajstić information content (AvgIpc) is 4.02. The van der Waals surface area contributed by atoms with Gasteiger partial charge in [-0.3, -0.25) is 24.2 Å². The molecule has 0 aromatic heterocycles. The molecule has 0 spiro atoms. The largest absolute Gasteiger partial charge is 0.377 e. The number of aliphatic imine (C=N–C) groups is 1. The SMILES string of the molecule is CC#CC1(O)CCC2C3CCC4=CC(=O)CCC4=C3C(c3ccc(N(C)CCOCCOCCOCCOCC(=O)NC(C(=O)N4CCCC4C(=O)NCc4ccc(/C(CC)=C(C)/N=C\C)cc4)C(C)(C)C)cc3)CC21C. The van der Waals surface area contributed by atoms with Crippen LogP contribution < -0.4 is 15.5 Å². The monoisotopic (exact) mass is 1060 g/mol. The first-order valence-electron chi connectivity index (χ1n) is 28.3. The normalized spacial score (nSPS) is 24.8. The zero-order valence-electron chi connectivity index (χ0n) is 47.6. The maximum Gasteiger partial charge on any atom is 0.246 e. The standard InChI is InChI=1S/C63H87N5O9/c1-10-28-63(73)29-27-54-52-25-21-47-39-49(69)24-26-51(47)57(52)53(40-62(54,63)8)46-19-22-48(23-20-46)67(9)31-32-74-33-34-75-35-36-76-37-38-77-42-56(70)66-58(61(5,6)7)60(72)68-30-13-14-55(68)59(71)65-41-44-15-17-45(18-16-44)50(11-2)43(4)64-12-3/h12,15-20,22-23,39,52-55,58,73H,11,13-14,21,24-27,29-38,40-42H2,1-9H3,(H,65,71)(H,66,70)/b50-43+,64-12-. The summed E-state index contributed by atoms with van der Waals surface area (Å²) in [5, 5.41) is 18.0. The number of rotatable bonds is 24. The Morgan fingerprint density at radius 1 is 0.935 bits per heavy atom. The van der Waals surface area contributed by atoms with E-state index in [1.807, 2.05) is 59.8 Å². The van der Waals surface area contributed by atoms with Crippen LogP contribution in [0.15, 0.2) is 82.0 Å². The van der Waals surface area contributed by atoms with Crippen LogP contribution in [0.4, 0.5) is 5.69 Å². The van der Waals surface area contributed by atoms with Gasteiger partial charge < -0.3 is 44.5 Å². The van der Waals surface area contributed by atoms with Gasteiger partial charge in [0.25, 0.3) is 0 Å². The highest BCUT2D eigenvalue weighted by Crippen LogP contribution is 2.66. The molecule has 2 aromatic carbocycles. The van der Waals surface area contributed by atoms with Gasteiger partial charge in [-0.05, 0) is 147 Å². The Balaban J connectivity index is 0.766. The predicted molar refractivity (Wildman–Crippen MR) is 303 cm³/mol. The second-order valence-electron chi connectivity index (χ2n) is 22.9. The van der Waals surface area contributed by atoms with E-state index in [4.69, 9.17) is 18.9 Å². The van der Waals surface area contributed by atoms with E-state index in [1.54, 1.807) is 11.1 Å². The number of nitrogens with zero attached hydrogens (tertiary/aromatic N) is 3. The highest BCUT2D eigenvalue weighted by Gasteiger charge is 2.62. The quantitative estimate of drug-likeness (QED) is 0.0525. The summed E-state index contributed by atoms with van der Waals surface area (Å²) < 4.78 is 22.9. The number of hydrogen-bond acceptors (Lipinski definition) is 11. The number of nitrogens with one attached hydrogen (secondary N) is 2. The summed E-state index contributed by atoms with van der Waals surface area (Å²) in [6.45, 7) is 19.7. The fourth-order valence-electron chi connectivity index (χ4n) is 12.9. The van der Waals surface area contributed by atoms with E-state index in [1.165, 1.54) is 27.9 Å². The fraction of sp³-hybridized carbons (Fsp3) is 0.603. The summed E-state index contributed by atoms with van der Waals surface area (Å²) in [4.78, 5) is 61.3. The molecule has 3 amide bonds. The molecule has 0 radical (unpaired) electrons. The Labute approximate surface area is 458 Å². The molecule has 2 saturated carbocycles. The van der Waals surface area contributed by atoms with Gasteiger partial charge in [-0.25, -0.2) is 0 Å². The zero-order chi connectivity index (χ0) is 55.3. The van der Waals surface area contributed by atoms with Gasteiger partial charge in [0.1, 0.15) is 24.3 Å². The van der Waals surface area contributed by atoms with Gasteiger partial charge in [0, 0.05) is 62.0 Å². The molecule has 14 nitrogen and oxygen atoms in total. The van der Waals surface area contributed by atoms with E-state index in [0.29, 0.717) is 90.2 Å². The van der Waals surface area contributed by atoms with Gasteiger partial charge in [-0.2, -0.15) is 0 Å². The number of aliphatic hydroxyl groups is 1. The van der Waals surface area contributed by atoms with Crippen LogP contribution in [0.1, 0.15) is 142 Å². The van der Waals surface area contributed by atoms with E-state index < -0.39 is 29.0 Å². The number of anilines is 1. The number of likely N-dealkylation sites (tertiary alicyclic amines) is 1. The maximum absolute atomic E-state index is 14.0. The molecule has 4 aliphatic carbocycles. The molecule has 77 heavy (non-hydrogen) atoms. The van der Waals surface area contributed by atoms with E-state index >= 15 is 0 Å². The molecule has 1 saturated heterocycles.